The van der Waals surface area contributed by atoms with Gasteiger partial charge in [-0.3, -0.25) is 9.59 Å². The third-order valence-electron chi connectivity index (χ3n) is 13.0. The van der Waals surface area contributed by atoms with Crippen molar-refractivity contribution in [3.63, 3.8) is 0 Å². The summed E-state index contributed by atoms with van der Waals surface area (Å²) >= 11 is 0. The van der Waals surface area contributed by atoms with Gasteiger partial charge in [0.1, 0.15) is 11.2 Å². The van der Waals surface area contributed by atoms with E-state index in [1.165, 1.54) is 57.8 Å². The molecule has 46 heavy (non-hydrogen) atoms. The second-order valence-corrected chi connectivity index (χ2v) is 18.8. The highest BCUT2D eigenvalue weighted by Crippen LogP contribution is 2.60. The van der Waals surface area contributed by atoms with Crippen molar-refractivity contribution in [3.05, 3.63) is 0 Å². The van der Waals surface area contributed by atoms with Gasteiger partial charge in [-0.1, -0.05) is 53.9 Å². The summed E-state index contributed by atoms with van der Waals surface area (Å²) in [6.45, 7) is 23.8. The standard InChI is InChI=1S/C21H38O2.C20H36O3/c1-15(9-7-11-19(22)23-20(3,4)5)17-12-13-18-16(2)10-8-14-21(17,18)6;1-14(8-6-10-18(22)23-19(2,3)4)15-11-12-16-17(21)9-7-13-20(15,16)5/h15-18H,7-14H2,1-6H3;14-17,21H,6-13H2,1-5H3/t15-,16?,17-,18+,21-;14-,15-,16+,17?,20-/m11/s1. The summed E-state index contributed by atoms with van der Waals surface area (Å²) < 4.78 is 10.8. The zero-order valence-electron chi connectivity index (χ0n) is 32.0. The largest absolute Gasteiger partial charge is 0.460 e. The fourth-order valence-corrected chi connectivity index (χ4v) is 11.0. The van der Waals surface area contributed by atoms with E-state index in [0.717, 1.165) is 55.8 Å². The molecule has 10 atom stereocenters. The van der Waals surface area contributed by atoms with Gasteiger partial charge in [-0.25, -0.2) is 0 Å². The zero-order chi connectivity index (χ0) is 34.5. The molecule has 2 unspecified atom stereocenters. The van der Waals surface area contributed by atoms with Gasteiger partial charge >= 0.3 is 11.9 Å². The van der Waals surface area contributed by atoms with Gasteiger partial charge in [0.25, 0.3) is 0 Å². The summed E-state index contributed by atoms with van der Waals surface area (Å²) in [5.41, 5.74) is 0.131. The molecule has 4 saturated carbocycles. The van der Waals surface area contributed by atoms with Gasteiger partial charge in [0.05, 0.1) is 6.10 Å². The number of carbonyl (C=O) groups is 2. The molecule has 0 heterocycles. The van der Waals surface area contributed by atoms with E-state index in [1.807, 2.05) is 41.5 Å². The Hall–Kier alpha value is -1.10. The molecule has 0 aromatic heterocycles. The molecule has 0 aromatic rings. The van der Waals surface area contributed by atoms with E-state index < -0.39 is 0 Å². The normalized spacial score (nSPS) is 35.7. The Morgan fingerprint density at radius 2 is 1.11 bits per heavy atom. The number of carbonyl (C=O) groups excluding carboxylic acids is 2. The van der Waals surface area contributed by atoms with Crippen molar-refractivity contribution in [2.45, 2.75) is 196 Å². The second kappa shape index (κ2) is 16.1. The van der Waals surface area contributed by atoms with Crippen LogP contribution in [-0.4, -0.2) is 34.4 Å². The predicted molar refractivity (Wildman–Crippen MR) is 189 cm³/mol. The molecule has 1 N–H and O–H groups in total. The predicted octanol–water partition coefficient (Wildman–Crippen LogP) is 10.7. The fraction of sp³-hybridized carbons (Fsp3) is 0.951. The summed E-state index contributed by atoms with van der Waals surface area (Å²) in [6.07, 6.45) is 18.1. The maximum atomic E-state index is 11.9. The Morgan fingerprint density at radius 3 is 1.57 bits per heavy atom. The first kappa shape index (κ1) is 39.3. The molecule has 4 rings (SSSR count). The van der Waals surface area contributed by atoms with Gasteiger partial charge in [-0.05, 0) is 164 Å². The molecule has 0 aliphatic heterocycles. The number of fused-ring (bicyclic) bond motifs is 2. The van der Waals surface area contributed by atoms with Crippen LogP contribution >= 0.6 is 0 Å². The number of aliphatic hydroxyl groups excluding tert-OH is 1. The third kappa shape index (κ3) is 10.4. The summed E-state index contributed by atoms with van der Waals surface area (Å²) in [5, 5.41) is 10.3. The highest BCUT2D eigenvalue weighted by molar-refractivity contribution is 5.70. The first-order valence-corrected chi connectivity index (χ1v) is 19.4. The van der Waals surface area contributed by atoms with E-state index >= 15 is 0 Å². The maximum absolute atomic E-state index is 11.9. The van der Waals surface area contributed by atoms with Crippen LogP contribution in [-0.2, 0) is 19.1 Å². The lowest BCUT2D eigenvalue weighted by atomic mass is 9.59. The molecule has 5 nitrogen and oxygen atoms in total. The Balaban J connectivity index is 0.000000250. The number of aliphatic hydroxyl groups is 1. The molecule has 0 spiro atoms. The molecule has 4 aliphatic carbocycles. The quantitative estimate of drug-likeness (QED) is 0.239. The molecular weight excluding hydrogens is 572 g/mol. The van der Waals surface area contributed by atoms with E-state index in [0.29, 0.717) is 41.4 Å². The summed E-state index contributed by atoms with van der Waals surface area (Å²) in [5.74, 6) is 5.14. The lowest BCUT2D eigenvalue weighted by molar-refractivity contribution is -0.156. The lowest BCUT2D eigenvalue weighted by Gasteiger charge is -2.46. The molecule has 4 fully saturated rings. The molecule has 268 valence electrons. The molecule has 0 radical (unpaired) electrons. The van der Waals surface area contributed by atoms with Crippen LogP contribution in [0, 0.1) is 52.3 Å². The van der Waals surface area contributed by atoms with Crippen molar-refractivity contribution in [1.82, 2.24) is 0 Å². The lowest BCUT2D eigenvalue weighted by Crippen LogP contribution is -2.41. The SMILES string of the molecule is CC1CCC[C@]2(C)[C@@H]([C@H](C)CCCC(=O)OC(C)(C)C)CC[C@@H]12.C[C@H](CCCC(=O)OC(C)(C)C)[C@H]1CC[C@H]2C(O)CCC[C@]12C. The van der Waals surface area contributed by atoms with Crippen molar-refractivity contribution in [3.8, 4) is 0 Å². The Bertz CT molecular complexity index is 898. The van der Waals surface area contributed by atoms with Crippen LogP contribution in [0.25, 0.3) is 0 Å². The van der Waals surface area contributed by atoms with Crippen LogP contribution in [0.15, 0.2) is 0 Å². The molecule has 4 aliphatic rings. The van der Waals surface area contributed by atoms with Crippen LogP contribution in [0.2, 0.25) is 0 Å². The molecule has 0 aromatic carbocycles. The van der Waals surface area contributed by atoms with Crippen molar-refractivity contribution in [1.29, 1.82) is 0 Å². The van der Waals surface area contributed by atoms with Crippen molar-refractivity contribution in [2.75, 3.05) is 0 Å². The van der Waals surface area contributed by atoms with Crippen LogP contribution in [0.1, 0.15) is 179 Å². The van der Waals surface area contributed by atoms with Gasteiger partial charge in [0, 0.05) is 12.8 Å². The molecular formula is C41H74O5. The zero-order valence-corrected chi connectivity index (χ0v) is 32.0. The topological polar surface area (TPSA) is 72.8 Å². The summed E-state index contributed by atoms with van der Waals surface area (Å²) in [4.78, 5) is 23.7. The number of ether oxygens (including phenoxy) is 2. The van der Waals surface area contributed by atoms with Gasteiger partial charge in [-0.15, -0.1) is 0 Å². The van der Waals surface area contributed by atoms with Gasteiger partial charge < -0.3 is 14.6 Å². The number of esters is 2. The van der Waals surface area contributed by atoms with Crippen LogP contribution in [0.4, 0.5) is 0 Å². The first-order chi connectivity index (χ1) is 21.3. The number of hydrogen-bond acceptors (Lipinski definition) is 5. The average molecular weight is 647 g/mol. The number of rotatable bonds is 10. The van der Waals surface area contributed by atoms with Crippen LogP contribution in [0.3, 0.4) is 0 Å². The summed E-state index contributed by atoms with van der Waals surface area (Å²) in [7, 11) is 0. The Labute approximate surface area is 284 Å². The average Bonchev–Trinajstić information content (AvgIpc) is 3.45. The van der Waals surface area contributed by atoms with Crippen molar-refractivity contribution < 1.29 is 24.2 Å². The molecule has 0 saturated heterocycles. The van der Waals surface area contributed by atoms with Gasteiger partial charge in [0.15, 0.2) is 0 Å². The second-order valence-electron chi connectivity index (χ2n) is 18.8. The van der Waals surface area contributed by atoms with E-state index in [1.54, 1.807) is 0 Å². The van der Waals surface area contributed by atoms with Crippen LogP contribution < -0.4 is 0 Å². The summed E-state index contributed by atoms with van der Waals surface area (Å²) in [6, 6.07) is 0. The van der Waals surface area contributed by atoms with Crippen LogP contribution in [0.5, 0.6) is 0 Å². The van der Waals surface area contributed by atoms with E-state index in [-0.39, 0.29) is 29.2 Å². The molecule has 0 bridgehead atoms. The minimum absolute atomic E-state index is 0.0356. The minimum atomic E-state index is -0.382. The Kier molecular flexibility index (Phi) is 13.7. The van der Waals surface area contributed by atoms with Crippen molar-refractivity contribution >= 4 is 11.9 Å². The fourth-order valence-electron chi connectivity index (χ4n) is 11.0. The first-order valence-electron chi connectivity index (χ1n) is 19.4. The highest BCUT2D eigenvalue weighted by Gasteiger charge is 2.52. The maximum Gasteiger partial charge on any atom is 0.306 e. The third-order valence-corrected chi connectivity index (χ3v) is 13.0. The Morgan fingerprint density at radius 1 is 0.696 bits per heavy atom. The van der Waals surface area contributed by atoms with Gasteiger partial charge in [-0.2, -0.15) is 0 Å². The smallest absolute Gasteiger partial charge is 0.306 e. The van der Waals surface area contributed by atoms with E-state index in [4.69, 9.17) is 9.47 Å². The number of hydrogen-bond donors (Lipinski definition) is 1. The molecule has 0 amide bonds. The van der Waals surface area contributed by atoms with Crippen molar-refractivity contribution in [2.24, 2.45) is 52.3 Å². The van der Waals surface area contributed by atoms with E-state index in [2.05, 4.69) is 34.6 Å². The molecule has 5 heteroatoms. The highest BCUT2D eigenvalue weighted by atomic mass is 16.6. The van der Waals surface area contributed by atoms with E-state index in [9.17, 15) is 14.7 Å². The minimum Gasteiger partial charge on any atom is -0.460 e. The van der Waals surface area contributed by atoms with Gasteiger partial charge in [0.2, 0.25) is 0 Å². The monoisotopic (exact) mass is 647 g/mol.